The zero-order chi connectivity index (χ0) is 16.8. The van der Waals surface area contributed by atoms with Crippen molar-refractivity contribution in [2.45, 2.75) is 25.0 Å². The summed E-state index contributed by atoms with van der Waals surface area (Å²) < 4.78 is 5.06. The van der Waals surface area contributed by atoms with Crippen LogP contribution in [-0.4, -0.2) is 35.9 Å². The number of carbonyl (C=O) groups excluding carboxylic acids is 2. The summed E-state index contributed by atoms with van der Waals surface area (Å²) in [6.07, 6.45) is 0.981. The summed E-state index contributed by atoms with van der Waals surface area (Å²) in [4.78, 5) is 28.2. The number of methoxy groups -OCH3 is 1. The van der Waals surface area contributed by atoms with Gasteiger partial charge < -0.3 is 15.4 Å². The number of ether oxygens (including phenoxy) is 1. The molecule has 2 amide bonds. The molecular weight excluding hydrogens is 338 g/mol. The fourth-order valence-electron chi connectivity index (χ4n) is 1.95. The van der Waals surface area contributed by atoms with Crippen LogP contribution in [0.1, 0.15) is 19.8 Å². The van der Waals surface area contributed by atoms with Crippen molar-refractivity contribution in [2.75, 3.05) is 19.0 Å². The van der Waals surface area contributed by atoms with E-state index in [4.69, 9.17) is 16.3 Å². The number of carbonyl (C=O) groups is 2. The van der Waals surface area contributed by atoms with Gasteiger partial charge >= 0.3 is 0 Å². The Kier molecular flexibility index (Phi) is 6.29. The maximum absolute atomic E-state index is 12.1. The molecule has 0 aromatic heterocycles. The van der Waals surface area contributed by atoms with Crippen LogP contribution in [0.2, 0.25) is 5.02 Å². The number of nitrogens with zero attached hydrogens (tertiary/aromatic N) is 1. The molecule has 0 aliphatic carbocycles. The van der Waals surface area contributed by atoms with Gasteiger partial charge in [0.25, 0.3) is 0 Å². The fourth-order valence-corrected chi connectivity index (χ4v) is 3.21. The summed E-state index contributed by atoms with van der Waals surface area (Å²) in [7, 11) is 1.52. The minimum Gasteiger partial charge on any atom is -0.495 e. The van der Waals surface area contributed by atoms with E-state index in [1.54, 1.807) is 18.2 Å². The van der Waals surface area contributed by atoms with Crippen molar-refractivity contribution in [3.8, 4) is 5.75 Å². The number of benzene rings is 1. The Morgan fingerprint density at radius 1 is 1.52 bits per heavy atom. The second kappa shape index (κ2) is 8.21. The fraction of sp³-hybridized carbons (Fsp3) is 0.400. The third kappa shape index (κ3) is 4.87. The van der Waals surface area contributed by atoms with Gasteiger partial charge in [-0.2, -0.15) is 0 Å². The molecule has 2 rings (SSSR count). The monoisotopic (exact) mass is 355 g/mol. The van der Waals surface area contributed by atoms with E-state index in [-0.39, 0.29) is 18.2 Å². The second-order valence-electron chi connectivity index (χ2n) is 4.88. The maximum Gasteiger partial charge on any atom is 0.240 e. The summed E-state index contributed by atoms with van der Waals surface area (Å²) in [5.41, 5.74) is 0.559. The lowest BCUT2D eigenvalue weighted by Gasteiger charge is -2.09. The zero-order valence-electron chi connectivity index (χ0n) is 12.9. The topological polar surface area (TPSA) is 79.8 Å². The van der Waals surface area contributed by atoms with E-state index in [2.05, 4.69) is 15.6 Å². The van der Waals surface area contributed by atoms with Crippen LogP contribution in [0.3, 0.4) is 0 Å². The Morgan fingerprint density at radius 2 is 2.30 bits per heavy atom. The van der Waals surface area contributed by atoms with Gasteiger partial charge in [-0.1, -0.05) is 30.3 Å². The van der Waals surface area contributed by atoms with E-state index in [0.29, 0.717) is 28.2 Å². The van der Waals surface area contributed by atoms with Gasteiger partial charge in [-0.3, -0.25) is 14.6 Å². The Bertz CT molecular complexity index is 636. The molecule has 8 heteroatoms. The molecule has 23 heavy (non-hydrogen) atoms. The van der Waals surface area contributed by atoms with Crippen LogP contribution in [0, 0.1) is 0 Å². The molecule has 1 saturated heterocycles. The molecule has 1 atom stereocenters. The number of aliphatic imine (C=N–C) groups is 1. The molecule has 0 unspecified atom stereocenters. The highest BCUT2D eigenvalue weighted by molar-refractivity contribution is 8.15. The maximum atomic E-state index is 12.1. The van der Waals surface area contributed by atoms with Gasteiger partial charge in [-0.05, 0) is 24.6 Å². The highest BCUT2D eigenvalue weighted by atomic mass is 35.5. The van der Waals surface area contributed by atoms with E-state index in [1.807, 2.05) is 6.92 Å². The highest BCUT2D eigenvalue weighted by Crippen LogP contribution is 2.28. The molecule has 1 aliphatic rings. The van der Waals surface area contributed by atoms with Crippen LogP contribution in [-0.2, 0) is 9.59 Å². The number of hydrogen-bond donors (Lipinski definition) is 2. The van der Waals surface area contributed by atoms with Gasteiger partial charge in [0, 0.05) is 18.7 Å². The quantitative estimate of drug-likeness (QED) is 0.822. The van der Waals surface area contributed by atoms with Crippen molar-refractivity contribution < 1.29 is 14.3 Å². The summed E-state index contributed by atoms with van der Waals surface area (Å²) in [5.74, 6) is 0.0931. The van der Waals surface area contributed by atoms with E-state index in [1.165, 1.54) is 18.9 Å². The first-order valence-electron chi connectivity index (χ1n) is 7.18. The third-order valence-corrected chi connectivity index (χ3v) is 4.48. The number of nitrogens with one attached hydrogen (secondary N) is 2. The molecular formula is C15H18ClN3O3S. The van der Waals surface area contributed by atoms with Gasteiger partial charge in [0.2, 0.25) is 11.8 Å². The number of halogens is 1. The molecule has 0 bridgehead atoms. The van der Waals surface area contributed by atoms with Crippen molar-refractivity contribution in [2.24, 2.45) is 4.99 Å². The minimum atomic E-state index is -0.459. The van der Waals surface area contributed by atoms with Crippen LogP contribution < -0.4 is 15.4 Å². The Balaban J connectivity index is 1.92. The standard InChI is InChI=1S/C15H18ClN3O3S/c1-3-6-17-15-19-14(21)12(23-15)8-13(20)18-9-4-5-11(22-2)10(16)7-9/h4-5,7,12H,3,6,8H2,1-2H3,(H,18,20)(H,17,19,21)/t12-/m1/s1. The molecule has 0 radical (unpaired) electrons. The van der Waals surface area contributed by atoms with Crippen LogP contribution in [0.5, 0.6) is 5.75 Å². The van der Waals surface area contributed by atoms with Gasteiger partial charge in [0.05, 0.1) is 12.1 Å². The Hall–Kier alpha value is -1.73. The molecule has 1 fully saturated rings. The van der Waals surface area contributed by atoms with Crippen LogP contribution in [0.15, 0.2) is 23.2 Å². The van der Waals surface area contributed by atoms with Crippen molar-refractivity contribution >= 4 is 46.0 Å². The van der Waals surface area contributed by atoms with Crippen molar-refractivity contribution in [3.05, 3.63) is 23.2 Å². The number of hydrogen-bond acceptors (Lipinski definition) is 5. The largest absolute Gasteiger partial charge is 0.495 e. The molecule has 6 nitrogen and oxygen atoms in total. The second-order valence-corrected chi connectivity index (χ2v) is 6.48. The van der Waals surface area contributed by atoms with Crippen molar-refractivity contribution in [1.29, 1.82) is 0 Å². The van der Waals surface area contributed by atoms with Crippen molar-refractivity contribution in [1.82, 2.24) is 5.32 Å². The number of amidine groups is 1. The van der Waals surface area contributed by atoms with Gasteiger partial charge in [-0.15, -0.1) is 0 Å². The molecule has 1 aromatic carbocycles. The molecule has 1 aromatic rings. The van der Waals surface area contributed by atoms with Gasteiger partial charge in [0.15, 0.2) is 5.17 Å². The number of thioether (sulfide) groups is 1. The number of anilines is 1. The van der Waals surface area contributed by atoms with E-state index in [0.717, 1.165) is 6.42 Å². The van der Waals surface area contributed by atoms with E-state index in [9.17, 15) is 9.59 Å². The summed E-state index contributed by atoms with van der Waals surface area (Å²) in [5, 5.41) is 5.95. The van der Waals surface area contributed by atoms with Crippen LogP contribution >= 0.6 is 23.4 Å². The first-order valence-corrected chi connectivity index (χ1v) is 8.44. The average Bonchev–Trinajstić information content (AvgIpc) is 2.85. The molecule has 124 valence electrons. The van der Waals surface area contributed by atoms with Crippen molar-refractivity contribution in [3.63, 3.8) is 0 Å². The lowest BCUT2D eigenvalue weighted by molar-refractivity contribution is -0.122. The predicted octanol–water partition coefficient (Wildman–Crippen LogP) is 2.67. The zero-order valence-corrected chi connectivity index (χ0v) is 14.5. The molecule has 0 spiro atoms. The first kappa shape index (κ1) is 17.6. The number of amides is 2. The van der Waals surface area contributed by atoms with Crippen LogP contribution in [0.4, 0.5) is 5.69 Å². The summed E-state index contributed by atoms with van der Waals surface area (Å²) >= 11 is 7.30. The normalized spacial score (nSPS) is 18.8. The van der Waals surface area contributed by atoms with Gasteiger partial charge in [0.1, 0.15) is 11.0 Å². The smallest absolute Gasteiger partial charge is 0.240 e. The molecule has 1 aliphatic heterocycles. The average molecular weight is 356 g/mol. The lowest BCUT2D eigenvalue weighted by atomic mass is 10.2. The SMILES string of the molecule is CCCN=C1NC(=O)[C@@H](CC(=O)Nc2ccc(OC)c(Cl)c2)S1. The predicted molar refractivity (Wildman–Crippen MR) is 93.4 cm³/mol. The van der Waals surface area contributed by atoms with Gasteiger partial charge in [-0.25, -0.2) is 0 Å². The minimum absolute atomic E-state index is 0.0747. The Labute approximate surface area is 144 Å². The van der Waals surface area contributed by atoms with Crippen LogP contribution in [0.25, 0.3) is 0 Å². The summed E-state index contributed by atoms with van der Waals surface area (Å²) in [6, 6.07) is 4.97. The third-order valence-electron chi connectivity index (χ3n) is 3.06. The summed E-state index contributed by atoms with van der Waals surface area (Å²) in [6.45, 7) is 2.67. The molecule has 2 N–H and O–H groups in total. The number of rotatable bonds is 6. The lowest BCUT2D eigenvalue weighted by Crippen LogP contribution is -2.28. The van der Waals surface area contributed by atoms with E-state index < -0.39 is 5.25 Å². The molecule has 0 saturated carbocycles. The first-order chi connectivity index (χ1) is 11.0. The van der Waals surface area contributed by atoms with E-state index >= 15 is 0 Å². The Morgan fingerprint density at radius 3 is 2.96 bits per heavy atom. The molecule has 1 heterocycles. The highest BCUT2D eigenvalue weighted by Gasteiger charge is 2.31.